The minimum absolute atomic E-state index is 0.00228. The molecule has 2 aliphatic rings. The molecule has 2 aliphatic heterocycles. The lowest BCUT2D eigenvalue weighted by atomic mass is 9.93. The van der Waals surface area contributed by atoms with Crippen molar-refractivity contribution >= 4 is 16.9 Å². The first-order chi connectivity index (χ1) is 9.00. The summed E-state index contributed by atoms with van der Waals surface area (Å²) in [4.78, 5) is 4.24. The number of fused-ring (bicyclic) bond motifs is 1. The van der Waals surface area contributed by atoms with Crippen molar-refractivity contribution in [3.63, 3.8) is 0 Å². The van der Waals surface area contributed by atoms with E-state index in [1.54, 1.807) is 0 Å². The highest BCUT2D eigenvalue weighted by Gasteiger charge is 2.52. The van der Waals surface area contributed by atoms with Crippen LogP contribution in [-0.4, -0.2) is 56.5 Å². The fourth-order valence-corrected chi connectivity index (χ4v) is 3.66. The number of rotatable bonds is 4. The summed E-state index contributed by atoms with van der Waals surface area (Å²) >= 11 is 1.35. The van der Waals surface area contributed by atoms with E-state index < -0.39 is 23.4 Å². The second-order valence-corrected chi connectivity index (χ2v) is 6.06. The van der Waals surface area contributed by atoms with Crippen LogP contribution in [-0.2, 0) is 4.74 Å². The summed E-state index contributed by atoms with van der Waals surface area (Å²) in [7, 11) is 0. The number of thioether (sulfide) groups is 1. The lowest BCUT2D eigenvalue weighted by molar-refractivity contribution is -0.300. The third-order valence-electron chi connectivity index (χ3n) is 3.43. The van der Waals surface area contributed by atoms with Gasteiger partial charge in [0.2, 0.25) is 0 Å². The maximum atomic E-state index is 10.4. The molecule has 0 aromatic rings. The van der Waals surface area contributed by atoms with Gasteiger partial charge in [0.1, 0.15) is 11.5 Å². The molecule has 0 aromatic carbocycles. The van der Waals surface area contributed by atoms with E-state index >= 15 is 0 Å². The molecule has 19 heavy (non-hydrogen) atoms. The van der Waals surface area contributed by atoms with Crippen molar-refractivity contribution in [1.82, 2.24) is 5.32 Å². The molecule has 4 N–H and O–H groups in total. The van der Waals surface area contributed by atoms with Gasteiger partial charge in [0.25, 0.3) is 0 Å². The van der Waals surface area contributed by atoms with Gasteiger partial charge in [0, 0.05) is 13.0 Å². The molecule has 7 heteroatoms. The second-order valence-electron chi connectivity index (χ2n) is 4.97. The zero-order valence-electron chi connectivity index (χ0n) is 11.2. The van der Waals surface area contributed by atoms with Gasteiger partial charge in [-0.05, 0) is 13.3 Å². The Hall–Kier alpha value is -0.340. The van der Waals surface area contributed by atoms with Crippen LogP contribution in [0.2, 0.25) is 0 Å². The maximum Gasteiger partial charge on any atom is 0.195 e. The Morgan fingerprint density at radius 2 is 2.32 bits per heavy atom. The molecule has 0 aliphatic carbocycles. The Morgan fingerprint density at radius 3 is 2.95 bits per heavy atom. The Balaban J connectivity index is 2.09. The van der Waals surface area contributed by atoms with E-state index in [4.69, 9.17) is 4.74 Å². The molecule has 0 radical (unpaired) electrons. The molecule has 2 saturated heterocycles. The summed E-state index contributed by atoms with van der Waals surface area (Å²) in [5, 5.41) is 34.3. The fraction of sp³-hybridized carbons (Fsp3) is 0.917. The largest absolute Gasteiger partial charge is 0.391 e. The number of nitrogens with zero attached hydrogens (tertiary/aromatic N) is 1. The van der Waals surface area contributed by atoms with Gasteiger partial charge in [-0.15, -0.1) is 0 Å². The summed E-state index contributed by atoms with van der Waals surface area (Å²) in [6, 6.07) is -0.288. The fourth-order valence-electron chi connectivity index (χ4n) is 2.42. The number of nitrogens with one attached hydrogen (secondary N) is 1. The maximum absolute atomic E-state index is 10.4. The van der Waals surface area contributed by atoms with E-state index in [-0.39, 0.29) is 12.5 Å². The summed E-state index contributed by atoms with van der Waals surface area (Å²) in [6.07, 6.45) is -0.574. The predicted molar refractivity (Wildman–Crippen MR) is 73.9 cm³/mol. The Bertz CT molecular complexity index is 355. The van der Waals surface area contributed by atoms with Crippen molar-refractivity contribution in [2.45, 2.75) is 62.6 Å². The van der Waals surface area contributed by atoms with Crippen molar-refractivity contribution in [2.24, 2.45) is 4.99 Å². The topological polar surface area (TPSA) is 94.3 Å². The zero-order chi connectivity index (χ0) is 14.0. The normalized spacial score (nSPS) is 41.9. The van der Waals surface area contributed by atoms with Crippen molar-refractivity contribution in [3.8, 4) is 0 Å². The van der Waals surface area contributed by atoms with E-state index in [0.29, 0.717) is 18.1 Å². The van der Waals surface area contributed by atoms with Gasteiger partial charge in [-0.2, -0.15) is 0 Å². The first-order valence-corrected chi connectivity index (χ1v) is 7.62. The number of aliphatic hydroxyl groups excluding tert-OH is 2. The van der Waals surface area contributed by atoms with Gasteiger partial charge < -0.3 is 25.4 Å². The Labute approximate surface area is 117 Å². The average molecular weight is 290 g/mol. The third kappa shape index (κ3) is 3.05. The molecule has 0 spiro atoms. The molecule has 110 valence electrons. The number of amidine groups is 1. The zero-order valence-corrected chi connectivity index (χ0v) is 12.1. The second kappa shape index (κ2) is 5.97. The van der Waals surface area contributed by atoms with Crippen LogP contribution >= 0.6 is 11.8 Å². The van der Waals surface area contributed by atoms with Crippen LogP contribution in [0, 0.1) is 0 Å². The van der Waals surface area contributed by atoms with Crippen LogP contribution in [0.3, 0.4) is 0 Å². The monoisotopic (exact) mass is 290 g/mol. The number of aliphatic hydroxyl groups is 3. The molecule has 5 atom stereocenters. The van der Waals surface area contributed by atoms with Gasteiger partial charge in [-0.3, -0.25) is 4.99 Å². The highest BCUT2D eigenvalue weighted by molar-refractivity contribution is 8.14. The van der Waals surface area contributed by atoms with Gasteiger partial charge >= 0.3 is 0 Å². The number of hydrogen-bond donors (Lipinski definition) is 4. The molecule has 2 heterocycles. The van der Waals surface area contributed by atoms with E-state index in [1.807, 2.05) is 13.8 Å². The van der Waals surface area contributed by atoms with E-state index in [9.17, 15) is 15.3 Å². The van der Waals surface area contributed by atoms with Gasteiger partial charge in [-0.25, -0.2) is 0 Å². The number of ether oxygens (including phenoxy) is 1. The minimum atomic E-state index is -1.67. The van der Waals surface area contributed by atoms with Crippen molar-refractivity contribution < 1.29 is 20.1 Å². The lowest BCUT2D eigenvalue weighted by Crippen LogP contribution is -2.60. The molecule has 0 bridgehead atoms. The summed E-state index contributed by atoms with van der Waals surface area (Å²) in [5.74, 6) is -1.67. The SMILES string of the molecule is CCC[C@H](O)[C@@]1(O)C[C@@H](O)[C@H]2NC(=NCC)S[C@H]2O1. The predicted octanol–water partition coefficient (Wildman–Crippen LogP) is 0.0242. The third-order valence-corrected chi connectivity index (χ3v) is 4.52. The van der Waals surface area contributed by atoms with Crippen molar-refractivity contribution in [1.29, 1.82) is 0 Å². The molecule has 0 saturated carbocycles. The van der Waals surface area contributed by atoms with Crippen LogP contribution in [0.1, 0.15) is 33.1 Å². The molecule has 2 rings (SSSR count). The van der Waals surface area contributed by atoms with Crippen LogP contribution in [0.5, 0.6) is 0 Å². The summed E-state index contributed by atoms with van der Waals surface area (Å²) < 4.78 is 5.62. The smallest absolute Gasteiger partial charge is 0.195 e. The molecule has 0 unspecified atom stereocenters. The van der Waals surface area contributed by atoms with Crippen LogP contribution in [0.4, 0.5) is 0 Å². The van der Waals surface area contributed by atoms with Gasteiger partial charge in [0.15, 0.2) is 11.0 Å². The minimum Gasteiger partial charge on any atom is -0.391 e. The van der Waals surface area contributed by atoms with E-state index in [2.05, 4.69) is 10.3 Å². The van der Waals surface area contributed by atoms with E-state index in [0.717, 1.165) is 6.42 Å². The first kappa shape index (κ1) is 15.1. The summed E-state index contributed by atoms with van der Waals surface area (Å²) in [5.41, 5.74) is -0.425. The molecule has 0 amide bonds. The highest BCUT2D eigenvalue weighted by atomic mass is 32.2. The van der Waals surface area contributed by atoms with Crippen molar-refractivity contribution in [3.05, 3.63) is 0 Å². The number of hydrogen-bond acceptors (Lipinski definition) is 6. The van der Waals surface area contributed by atoms with Crippen LogP contribution in [0.25, 0.3) is 0 Å². The van der Waals surface area contributed by atoms with Gasteiger partial charge in [0.05, 0.1) is 12.1 Å². The first-order valence-electron chi connectivity index (χ1n) is 6.74. The summed E-state index contributed by atoms with van der Waals surface area (Å²) in [6.45, 7) is 4.50. The molecular weight excluding hydrogens is 268 g/mol. The lowest BCUT2D eigenvalue weighted by Gasteiger charge is -2.43. The standard InChI is InChI=1S/C12H22N2O4S/c1-3-5-8(16)12(17)6-7(15)9-10(18-12)19-11(14-9)13-4-2/h7-10,15-17H,3-6H2,1-2H3,(H,13,14)/t7-,8+,9-,10-,12-/m1/s1. The Morgan fingerprint density at radius 1 is 1.58 bits per heavy atom. The highest BCUT2D eigenvalue weighted by Crippen LogP contribution is 2.39. The Kier molecular flexibility index (Phi) is 4.73. The number of aliphatic imine (C=N–C) groups is 1. The molecule has 2 fully saturated rings. The molecular formula is C12H22N2O4S. The van der Waals surface area contributed by atoms with Crippen molar-refractivity contribution in [2.75, 3.05) is 6.54 Å². The quantitative estimate of drug-likeness (QED) is 0.583. The van der Waals surface area contributed by atoms with E-state index in [1.165, 1.54) is 11.8 Å². The average Bonchev–Trinajstić information content (AvgIpc) is 2.72. The van der Waals surface area contributed by atoms with Gasteiger partial charge in [-0.1, -0.05) is 25.1 Å². The molecule has 6 nitrogen and oxygen atoms in total. The molecule has 0 aromatic heterocycles. The van der Waals surface area contributed by atoms with Crippen LogP contribution < -0.4 is 5.32 Å². The van der Waals surface area contributed by atoms with Crippen LogP contribution in [0.15, 0.2) is 4.99 Å².